The molecule has 0 aliphatic carbocycles. The van der Waals surface area contributed by atoms with Gasteiger partial charge in [-0.25, -0.2) is 4.68 Å². The summed E-state index contributed by atoms with van der Waals surface area (Å²) in [6, 6.07) is 6.47. The van der Waals surface area contributed by atoms with E-state index in [0.29, 0.717) is 30.3 Å². The van der Waals surface area contributed by atoms with Gasteiger partial charge in [0.15, 0.2) is 0 Å². The summed E-state index contributed by atoms with van der Waals surface area (Å²) in [6.07, 6.45) is -3.14. The third-order valence-corrected chi connectivity index (χ3v) is 3.73. The highest BCUT2D eigenvalue weighted by molar-refractivity contribution is 6.06. The number of amides is 1. The smallest absolute Gasteiger partial charge is 0.389 e. The molecule has 5 nitrogen and oxygen atoms in total. The molecule has 1 aliphatic rings. The lowest BCUT2D eigenvalue weighted by molar-refractivity contribution is -0.133. The number of halogens is 3. The third-order valence-electron chi connectivity index (χ3n) is 3.73. The fourth-order valence-corrected chi connectivity index (χ4v) is 2.55. The number of carbonyl (C=O) groups excluding carboxylic acids is 1. The van der Waals surface area contributed by atoms with E-state index >= 15 is 0 Å². The van der Waals surface area contributed by atoms with Crippen molar-refractivity contribution in [2.45, 2.75) is 32.0 Å². The minimum absolute atomic E-state index is 0.192. The van der Waals surface area contributed by atoms with Crippen LogP contribution in [0.3, 0.4) is 0 Å². The van der Waals surface area contributed by atoms with Gasteiger partial charge in [0, 0.05) is 25.1 Å². The zero-order chi connectivity index (χ0) is 17.2. The Kier molecular flexibility index (Phi) is 4.46. The lowest BCUT2D eigenvalue weighted by Crippen LogP contribution is -2.19. The van der Waals surface area contributed by atoms with Gasteiger partial charge >= 0.3 is 6.18 Å². The first-order valence-electron chi connectivity index (χ1n) is 7.59. The van der Waals surface area contributed by atoms with E-state index in [0.717, 1.165) is 6.42 Å². The SMILES string of the molecule is O=C(Nc1ccccc1CCC(F)(F)F)c1cnn2c1OCCC2. The van der Waals surface area contributed by atoms with Crippen LogP contribution in [-0.2, 0) is 13.0 Å². The van der Waals surface area contributed by atoms with Crippen LogP contribution in [0.1, 0.15) is 28.8 Å². The highest BCUT2D eigenvalue weighted by atomic mass is 19.4. The Balaban J connectivity index is 1.76. The predicted octanol–water partition coefficient (Wildman–Crippen LogP) is 3.41. The van der Waals surface area contributed by atoms with Gasteiger partial charge in [0.25, 0.3) is 5.91 Å². The first-order valence-corrected chi connectivity index (χ1v) is 7.59. The van der Waals surface area contributed by atoms with Crippen molar-refractivity contribution in [1.82, 2.24) is 9.78 Å². The summed E-state index contributed by atoms with van der Waals surface area (Å²) < 4.78 is 44.4. The average molecular weight is 339 g/mol. The van der Waals surface area contributed by atoms with Gasteiger partial charge in [0.05, 0.1) is 12.8 Å². The molecule has 0 saturated carbocycles. The summed E-state index contributed by atoms with van der Waals surface area (Å²) >= 11 is 0. The molecule has 8 heteroatoms. The van der Waals surface area contributed by atoms with Crippen LogP contribution in [0.5, 0.6) is 5.88 Å². The number of carbonyl (C=O) groups is 1. The molecule has 0 fully saturated rings. The molecule has 0 bridgehead atoms. The van der Waals surface area contributed by atoms with Gasteiger partial charge in [-0.3, -0.25) is 4.79 Å². The Morgan fingerprint density at radius 2 is 2.12 bits per heavy atom. The second-order valence-electron chi connectivity index (χ2n) is 5.52. The minimum Gasteiger partial charge on any atom is -0.477 e. The molecule has 24 heavy (non-hydrogen) atoms. The molecule has 3 rings (SSSR count). The zero-order valence-corrected chi connectivity index (χ0v) is 12.8. The van der Waals surface area contributed by atoms with E-state index in [-0.39, 0.29) is 12.0 Å². The van der Waals surface area contributed by atoms with Gasteiger partial charge in [-0.15, -0.1) is 0 Å². The van der Waals surface area contributed by atoms with Gasteiger partial charge in [-0.05, 0) is 18.1 Å². The monoisotopic (exact) mass is 339 g/mol. The number of hydrogen-bond donors (Lipinski definition) is 1. The standard InChI is InChI=1S/C16H16F3N3O2/c17-16(18,19)7-6-11-4-1-2-5-13(11)21-14(23)12-10-20-22-8-3-9-24-15(12)22/h1-2,4-5,10H,3,6-9H2,(H,21,23). The molecule has 0 saturated heterocycles. The highest BCUT2D eigenvalue weighted by Gasteiger charge is 2.27. The van der Waals surface area contributed by atoms with Crippen LogP contribution in [0.15, 0.2) is 30.5 Å². The average Bonchev–Trinajstić information content (AvgIpc) is 2.97. The van der Waals surface area contributed by atoms with Gasteiger partial charge in [0.2, 0.25) is 5.88 Å². The summed E-state index contributed by atoms with van der Waals surface area (Å²) in [7, 11) is 0. The molecule has 0 unspecified atom stereocenters. The van der Waals surface area contributed by atoms with Crippen LogP contribution in [0, 0.1) is 0 Å². The number of aryl methyl sites for hydroxylation is 2. The summed E-state index contributed by atoms with van der Waals surface area (Å²) in [6.45, 7) is 1.18. The van der Waals surface area contributed by atoms with Crippen LogP contribution >= 0.6 is 0 Å². The number of para-hydroxylation sites is 1. The normalized spacial score (nSPS) is 14.0. The fourth-order valence-electron chi connectivity index (χ4n) is 2.55. The number of rotatable bonds is 4. The molecule has 2 heterocycles. The van der Waals surface area contributed by atoms with Crippen LogP contribution < -0.4 is 10.1 Å². The van der Waals surface area contributed by atoms with E-state index < -0.39 is 18.5 Å². The number of fused-ring (bicyclic) bond motifs is 1. The Morgan fingerprint density at radius 3 is 2.92 bits per heavy atom. The fraction of sp³-hybridized carbons (Fsp3) is 0.375. The molecular formula is C16H16F3N3O2. The topological polar surface area (TPSA) is 56.2 Å². The predicted molar refractivity (Wildman–Crippen MR) is 81.1 cm³/mol. The first kappa shape index (κ1) is 16.4. The van der Waals surface area contributed by atoms with E-state index in [1.165, 1.54) is 6.20 Å². The quantitative estimate of drug-likeness (QED) is 0.929. The molecule has 0 spiro atoms. The van der Waals surface area contributed by atoms with E-state index in [4.69, 9.17) is 4.74 Å². The van der Waals surface area contributed by atoms with E-state index in [1.54, 1.807) is 28.9 Å². The number of anilines is 1. The Bertz CT molecular complexity index is 740. The number of benzene rings is 1. The van der Waals surface area contributed by atoms with E-state index in [1.807, 2.05) is 0 Å². The number of nitrogens with zero attached hydrogens (tertiary/aromatic N) is 2. The number of nitrogens with one attached hydrogen (secondary N) is 1. The largest absolute Gasteiger partial charge is 0.477 e. The van der Waals surface area contributed by atoms with Crippen molar-refractivity contribution in [2.24, 2.45) is 0 Å². The Morgan fingerprint density at radius 1 is 1.33 bits per heavy atom. The molecule has 2 aromatic rings. The van der Waals surface area contributed by atoms with Crippen molar-refractivity contribution >= 4 is 11.6 Å². The van der Waals surface area contributed by atoms with Gasteiger partial charge in [-0.2, -0.15) is 18.3 Å². The van der Waals surface area contributed by atoms with E-state index in [2.05, 4.69) is 10.4 Å². The van der Waals surface area contributed by atoms with Crippen molar-refractivity contribution in [3.8, 4) is 5.88 Å². The van der Waals surface area contributed by atoms with Gasteiger partial charge < -0.3 is 10.1 Å². The number of hydrogen-bond acceptors (Lipinski definition) is 3. The summed E-state index contributed by atoms with van der Waals surface area (Å²) in [4.78, 5) is 12.4. The summed E-state index contributed by atoms with van der Waals surface area (Å²) in [5.74, 6) is -0.0517. The molecule has 1 aliphatic heterocycles. The number of aromatic nitrogens is 2. The molecular weight excluding hydrogens is 323 g/mol. The molecule has 128 valence electrons. The highest BCUT2D eigenvalue weighted by Crippen LogP contribution is 2.27. The Hall–Kier alpha value is -2.51. The van der Waals surface area contributed by atoms with Crippen molar-refractivity contribution in [2.75, 3.05) is 11.9 Å². The molecule has 0 atom stereocenters. The maximum Gasteiger partial charge on any atom is 0.389 e. The number of ether oxygens (including phenoxy) is 1. The molecule has 1 amide bonds. The van der Waals surface area contributed by atoms with Crippen LogP contribution in [0.25, 0.3) is 0 Å². The lowest BCUT2D eigenvalue weighted by Gasteiger charge is -2.16. The minimum atomic E-state index is -4.24. The van der Waals surface area contributed by atoms with Crippen molar-refractivity contribution in [3.63, 3.8) is 0 Å². The zero-order valence-electron chi connectivity index (χ0n) is 12.8. The number of alkyl halides is 3. The van der Waals surface area contributed by atoms with Crippen LogP contribution in [-0.4, -0.2) is 28.5 Å². The molecule has 1 aromatic carbocycles. The van der Waals surface area contributed by atoms with Crippen molar-refractivity contribution in [1.29, 1.82) is 0 Å². The molecule has 0 radical (unpaired) electrons. The van der Waals surface area contributed by atoms with E-state index in [9.17, 15) is 18.0 Å². The van der Waals surface area contributed by atoms with Crippen molar-refractivity contribution < 1.29 is 22.7 Å². The molecule has 1 aromatic heterocycles. The summed E-state index contributed by atoms with van der Waals surface area (Å²) in [5, 5.41) is 6.75. The van der Waals surface area contributed by atoms with Crippen LogP contribution in [0.2, 0.25) is 0 Å². The second-order valence-corrected chi connectivity index (χ2v) is 5.52. The van der Waals surface area contributed by atoms with Crippen molar-refractivity contribution in [3.05, 3.63) is 41.6 Å². The lowest BCUT2D eigenvalue weighted by atomic mass is 10.1. The molecule has 1 N–H and O–H groups in total. The maximum atomic E-state index is 12.4. The van der Waals surface area contributed by atoms with Crippen LogP contribution in [0.4, 0.5) is 18.9 Å². The maximum absolute atomic E-state index is 12.4. The summed E-state index contributed by atoms with van der Waals surface area (Å²) in [5.41, 5.74) is 1.08. The van der Waals surface area contributed by atoms with Gasteiger partial charge in [0.1, 0.15) is 5.56 Å². The third kappa shape index (κ3) is 3.69. The van der Waals surface area contributed by atoms with Gasteiger partial charge in [-0.1, -0.05) is 18.2 Å². The second kappa shape index (κ2) is 6.54. The first-order chi connectivity index (χ1) is 11.4. The Labute approximate surface area is 136 Å².